The van der Waals surface area contributed by atoms with Gasteiger partial charge in [-0.3, -0.25) is 0 Å². The fourth-order valence-corrected chi connectivity index (χ4v) is 2.59. The van der Waals surface area contributed by atoms with Gasteiger partial charge in [-0.25, -0.2) is 0 Å². The van der Waals surface area contributed by atoms with Gasteiger partial charge < -0.3 is 5.32 Å². The second kappa shape index (κ2) is 1.82. The predicted molar refractivity (Wildman–Crippen MR) is 47.1 cm³/mol. The van der Waals surface area contributed by atoms with Crippen molar-refractivity contribution in [2.24, 2.45) is 17.3 Å². The minimum absolute atomic E-state index is 0.554. The quantitative estimate of drug-likeness (QED) is 0.605. The average Bonchev–Trinajstić information content (AvgIpc) is 2.30. The zero-order valence-corrected chi connectivity index (χ0v) is 7.81. The molecule has 0 radical (unpaired) electrons. The van der Waals surface area contributed by atoms with E-state index in [0.717, 1.165) is 17.9 Å². The lowest BCUT2D eigenvalue weighted by molar-refractivity contribution is 0.349. The van der Waals surface area contributed by atoms with Crippen LogP contribution in [0.4, 0.5) is 0 Å². The highest BCUT2D eigenvalue weighted by molar-refractivity contribution is 5.33. The monoisotopic (exact) mass is 151 g/mol. The van der Waals surface area contributed by atoms with Crippen LogP contribution >= 0.6 is 0 Å². The van der Waals surface area contributed by atoms with Crippen LogP contribution in [0.15, 0.2) is 11.8 Å². The number of fused-ring (bicyclic) bond motifs is 1. The first kappa shape index (κ1) is 7.20. The van der Waals surface area contributed by atoms with Crippen LogP contribution in [0.2, 0.25) is 0 Å². The average molecular weight is 151 g/mol. The Balaban J connectivity index is 2.20. The van der Waals surface area contributed by atoms with E-state index < -0.39 is 0 Å². The van der Waals surface area contributed by atoms with Gasteiger partial charge in [0.15, 0.2) is 0 Å². The van der Waals surface area contributed by atoms with Crippen molar-refractivity contribution in [2.45, 2.75) is 33.7 Å². The Kier molecular flexibility index (Phi) is 1.19. The third kappa shape index (κ3) is 0.666. The van der Waals surface area contributed by atoms with Crippen molar-refractivity contribution < 1.29 is 0 Å². The fraction of sp³-hybridized carbons (Fsp3) is 0.800. The second-order valence-electron chi connectivity index (χ2n) is 4.53. The van der Waals surface area contributed by atoms with Crippen LogP contribution in [0.3, 0.4) is 0 Å². The minimum atomic E-state index is 0.554. The summed E-state index contributed by atoms with van der Waals surface area (Å²) >= 11 is 0. The van der Waals surface area contributed by atoms with Crippen LogP contribution in [-0.2, 0) is 0 Å². The molecule has 3 unspecified atom stereocenters. The largest absolute Gasteiger partial charge is 0.387 e. The molecule has 0 saturated heterocycles. The van der Waals surface area contributed by atoms with E-state index in [0.29, 0.717) is 5.41 Å². The zero-order chi connectivity index (χ0) is 8.22. The third-order valence-corrected chi connectivity index (χ3v) is 3.79. The molecular weight excluding hydrogens is 134 g/mol. The van der Waals surface area contributed by atoms with Crippen molar-refractivity contribution in [3.05, 3.63) is 11.8 Å². The van der Waals surface area contributed by atoms with Gasteiger partial charge in [0.1, 0.15) is 0 Å². The summed E-state index contributed by atoms with van der Waals surface area (Å²) in [7, 11) is 0. The van der Waals surface area contributed by atoms with Crippen molar-refractivity contribution in [2.75, 3.05) is 0 Å². The van der Waals surface area contributed by atoms with Crippen LogP contribution in [0.5, 0.6) is 0 Å². The summed E-state index contributed by atoms with van der Waals surface area (Å²) in [6, 6.07) is 0.752. The number of nitrogens with one attached hydrogen (secondary N) is 1. The van der Waals surface area contributed by atoms with E-state index in [1.807, 2.05) is 0 Å². The molecule has 0 amide bonds. The van der Waals surface area contributed by atoms with Gasteiger partial charge in [-0.1, -0.05) is 26.3 Å². The maximum Gasteiger partial charge on any atom is 0.0390 e. The van der Waals surface area contributed by atoms with E-state index in [-0.39, 0.29) is 0 Å². The van der Waals surface area contributed by atoms with Gasteiger partial charge in [-0.2, -0.15) is 0 Å². The summed E-state index contributed by atoms with van der Waals surface area (Å²) in [6.45, 7) is 9.29. The molecule has 0 aromatic carbocycles. The van der Waals surface area contributed by atoms with Gasteiger partial charge in [0.2, 0.25) is 0 Å². The summed E-state index contributed by atoms with van der Waals surface area (Å²) in [6.07, 6.45) is 2.18. The molecule has 1 N–H and O–H groups in total. The first-order valence-corrected chi connectivity index (χ1v) is 4.51. The van der Waals surface area contributed by atoms with Gasteiger partial charge in [0, 0.05) is 12.0 Å². The maximum atomic E-state index is 3.45. The highest BCUT2D eigenvalue weighted by Crippen LogP contribution is 2.62. The van der Waals surface area contributed by atoms with Crippen molar-refractivity contribution in [3.8, 4) is 0 Å². The Morgan fingerprint density at radius 2 is 2.18 bits per heavy atom. The van der Waals surface area contributed by atoms with Crippen LogP contribution in [0.25, 0.3) is 0 Å². The molecule has 2 aliphatic rings. The second-order valence-corrected chi connectivity index (χ2v) is 4.53. The van der Waals surface area contributed by atoms with Crippen LogP contribution in [0, 0.1) is 17.3 Å². The molecule has 1 nitrogen and oxygen atoms in total. The molecule has 0 aromatic rings. The fourth-order valence-electron chi connectivity index (χ4n) is 2.59. The molecule has 2 rings (SSSR count). The topological polar surface area (TPSA) is 12.0 Å². The molecule has 11 heavy (non-hydrogen) atoms. The van der Waals surface area contributed by atoms with Crippen LogP contribution in [0.1, 0.15) is 27.7 Å². The highest BCUT2D eigenvalue weighted by atomic mass is 15.0. The summed E-state index contributed by atoms with van der Waals surface area (Å²) in [5, 5.41) is 3.45. The van der Waals surface area contributed by atoms with Crippen molar-refractivity contribution in [1.82, 2.24) is 5.32 Å². The number of hydrogen-bond acceptors (Lipinski definition) is 1. The summed E-state index contributed by atoms with van der Waals surface area (Å²) in [4.78, 5) is 0. The van der Waals surface area contributed by atoms with E-state index in [4.69, 9.17) is 0 Å². The van der Waals surface area contributed by atoms with Crippen molar-refractivity contribution in [3.63, 3.8) is 0 Å². The van der Waals surface area contributed by atoms with Gasteiger partial charge in [0.25, 0.3) is 0 Å². The smallest absolute Gasteiger partial charge is 0.0390 e. The van der Waals surface area contributed by atoms with Gasteiger partial charge in [-0.15, -0.1) is 0 Å². The molecular formula is C10H17N. The van der Waals surface area contributed by atoms with E-state index in [2.05, 4.69) is 39.2 Å². The molecule has 1 heterocycles. The van der Waals surface area contributed by atoms with Gasteiger partial charge >= 0.3 is 0 Å². The van der Waals surface area contributed by atoms with Gasteiger partial charge in [0.05, 0.1) is 0 Å². The third-order valence-electron chi connectivity index (χ3n) is 3.79. The Morgan fingerprint density at radius 1 is 1.55 bits per heavy atom. The summed E-state index contributed by atoms with van der Waals surface area (Å²) in [5.74, 6) is 1.64. The first-order chi connectivity index (χ1) is 5.08. The summed E-state index contributed by atoms with van der Waals surface area (Å²) < 4.78 is 0. The Morgan fingerprint density at radius 3 is 2.45 bits per heavy atom. The molecule has 62 valence electrons. The Labute approximate surface area is 68.9 Å². The first-order valence-electron chi connectivity index (χ1n) is 4.51. The Bertz CT molecular complexity index is 217. The van der Waals surface area contributed by atoms with E-state index >= 15 is 0 Å². The number of rotatable bonds is 1. The Hall–Kier alpha value is -0.460. The van der Waals surface area contributed by atoms with Crippen molar-refractivity contribution >= 4 is 0 Å². The highest BCUT2D eigenvalue weighted by Gasteiger charge is 2.65. The molecule has 1 saturated carbocycles. The normalized spacial score (nSPS) is 46.8. The molecule has 0 spiro atoms. The van der Waals surface area contributed by atoms with E-state index in [1.165, 1.54) is 0 Å². The molecule has 0 bridgehead atoms. The SMILES string of the molecule is CC1=CNC2C1C2(C)C(C)C. The predicted octanol–water partition coefficient (Wildman–Crippen LogP) is 2.15. The minimum Gasteiger partial charge on any atom is -0.387 e. The molecule has 0 aromatic heterocycles. The molecule has 1 heteroatoms. The standard InChI is InChI=1S/C10H17N/c1-6(2)10(4)8-7(3)5-11-9(8)10/h5-6,8-9,11H,1-4H3. The lowest BCUT2D eigenvalue weighted by atomic mass is 9.89. The molecule has 3 atom stereocenters. The maximum absolute atomic E-state index is 3.45. The summed E-state index contributed by atoms with van der Waals surface area (Å²) in [5.41, 5.74) is 2.10. The molecule has 1 aliphatic carbocycles. The lowest BCUT2D eigenvalue weighted by Crippen LogP contribution is -2.20. The van der Waals surface area contributed by atoms with E-state index in [9.17, 15) is 0 Å². The molecule has 1 fully saturated rings. The van der Waals surface area contributed by atoms with Gasteiger partial charge in [-0.05, 0) is 24.5 Å². The number of hydrogen-bond donors (Lipinski definition) is 1. The lowest BCUT2D eigenvalue weighted by Gasteiger charge is -2.18. The van der Waals surface area contributed by atoms with Crippen LogP contribution < -0.4 is 5.32 Å². The van der Waals surface area contributed by atoms with E-state index in [1.54, 1.807) is 5.57 Å². The van der Waals surface area contributed by atoms with Crippen molar-refractivity contribution in [1.29, 1.82) is 0 Å². The zero-order valence-electron chi connectivity index (χ0n) is 7.81. The van der Waals surface area contributed by atoms with Crippen LogP contribution in [-0.4, -0.2) is 6.04 Å². The molecule has 1 aliphatic heterocycles.